The summed E-state index contributed by atoms with van der Waals surface area (Å²) in [7, 11) is 0. The summed E-state index contributed by atoms with van der Waals surface area (Å²) in [5.41, 5.74) is 2.97. The van der Waals surface area contributed by atoms with E-state index in [1.165, 1.54) is 21.5 Å². The molecule has 6 rings (SSSR count). The number of hydrogen-bond donors (Lipinski definition) is 8. The second kappa shape index (κ2) is 28.8. The summed E-state index contributed by atoms with van der Waals surface area (Å²) in [6, 6.07) is 12.6. The molecule has 4 heterocycles. The fourth-order valence-electron chi connectivity index (χ4n) is 8.65. The van der Waals surface area contributed by atoms with Crippen molar-refractivity contribution in [1.29, 1.82) is 0 Å². The van der Waals surface area contributed by atoms with E-state index in [1.54, 1.807) is 74.8 Å². The second-order valence-electron chi connectivity index (χ2n) is 17.7. The Hall–Kier alpha value is -4.56. The van der Waals surface area contributed by atoms with Crippen molar-refractivity contribution in [2.45, 2.75) is 127 Å². The van der Waals surface area contributed by atoms with Crippen LogP contribution in [0.2, 0.25) is 0 Å². The zero-order valence-corrected chi connectivity index (χ0v) is 44.8. The maximum Gasteiger partial charge on any atom is 1.00 e. The zero-order chi connectivity index (χ0) is 50.5. The Balaban J connectivity index is 0.00000562. The molecule has 0 radical (unpaired) electrons. The van der Waals surface area contributed by atoms with Gasteiger partial charge in [0.25, 0.3) is 0 Å². The van der Waals surface area contributed by atoms with Crippen LogP contribution in [0.15, 0.2) is 84.6 Å². The predicted molar refractivity (Wildman–Crippen MR) is 245 cm³/mol. The van der Waals surface area contributed by atoms with E-state index in [0.717, 1.165) is 38.5 Å². The summed E-state index contributed by atoms with van der Waals surface area (Å²) in [6.07, 6.45) is 4.51. The third kappa shape index (κ3) is 15.5. The molecule has 72 heavy (non-hydrogen) atoms. The van der Waals surface area contributed by atoms with Crippen LogP contribution in [0.1, 0.15) is 90.1 Å². The van der Waals surface area contributed by atoms with Crippen molar-refractivity contribution in [2.24, 2.45) is 11.8 Å². The summed E-state index contributed by atoms with van der Waals surface area (Å²) in [6.45, 7) is 1.82. The van der Waals surface area contributed by atoms with Crippen LogP contribution < -0.4 is 80.0 Å². The summed E-state index contributed by atoms with van der Waals surface area (Å²) in [5.74, 6) is -5.93. The van der Waals surface area contributed by atoms with Crippen molar-refractivity contribution in [2.75, 3.05) is 23.8 Å². The third-order valence-electron chi connectivity index (χ3n) is 12.7. The number of aliphatic carboxylic acids is 2. The van der Waals surface area contributed by atoms with E-state index in [1.807, 2.05) is 0 Å². The number of nitrogens with one attached hydrogen (secondary N) is 2. The molecule has 0 aliphatic carbocycles. The minimum Gasteiger partial charge on any atom is -0.542 e. The summed E-state index contributed by atoms with van der Waals surface area (Å²) in [4.78, 5) is 49.5. The molecule has 0 spiro atoms. The van der Waals surface area contributed by atoms with Gasteiger partial charge in [0.1, 0.15) is 71.5 Å². The smallest absolute Gasteiger partial charge is 0.542 e. The quantitative estimate of drug-likeness (QED) is 0.0227. The Morgan fingerprint density at radius 2 is 0.944 bits per heavy atom. The molecule has 0 unspecified atom stereocenters. The molecule has 2 aliphatic rings. The largest absolute Gasteiger partial charge is 1.00 e. The number of aliphatic hydroxyl groups excluding tert-OH is 6. The van der Waals surface area contributed by atoms with Gasteiger partial charge in [0.05, 0.1) is 49.1 Å². The van der Waals surface area contributed by atoms with Crippen LogP contribution in [0.5, 0.6) is 0 Å². The number of anilines is 2. The van der Waals surface area contributed by atoms with Crippen molar-refractivity contribution in [3.05, 3.63) is 84.6 Å². The molecule has 2 aromatic carbocycles. The van der Waals surface area contributed by atoms with E-state index in [-0.39, 0.29) is 70.9 Å². The first kappa shape index (κ1) is 60.0. The van der Waals surface area contributed by atoms with Crippen molar-refractivity contribution in [3.8, 4) is 22.5 Å². The maximum absolute atomic E-state index is 13.0. The average molecular weight is 1020 g/mol. The minimum absolute atomic E-state index is 0. The molecule has 10 atom stereocenters. The molecule has 22 nitrogen and oxygen atoms in total. The van der Waals surface area contributed by atoms with Gasteiger partial charge < -0.3 is 70.5 Å². The van der Waals surface area contributed by atoms with E-state index in [4.69, 9.17) is 9.47 Å². The number of para-hydroxylation sites is 2. The molecule has 0 fully saturated rings. The number of aliphatic hydroxyl groups is 6. The normalized spacial score (nSPS) is 21.2. The molecular weight excluding hydrogens is 959 g/mol. The van der Waals surface area contributed by atoms with E-state index in [9.17, 15) is 60.0 Å². The van der Waals surface area contributed by atoms with Gasteiger partial charge in [-0.2, -0.15) is 0 Å². The van der Waals surface area contributed by atoms with Crippen molar-refractivity contribution in [1.82, 2.24) is 30.0 Å². The van der Waals surface area contributed by atoms with Crippen LogP contribution in [0.25, 0.3) is 22.5 Å². The number of rotatable bonds is 25. The first-order chi connectivity index (χ1) is 33.6. The number of allylic oxidation sites excluding steroid dienone is 2. The fraction of sp³-hybridized carbons (Fsp3) is 0.500. The van der Waals surface area contributed by atoms with Crippen LogP contribution >= 0.6 is 0 Å². The number of ether oxygens (including phenoxy) is 2. The number of carbonyl (C=O) groups is 4. The molecule has 8 N–H and O–H groups in total. The van der Waals surface area contributed by atoms with Crippen LogP contribution in [0, 0.1) is 11.8 Å². The number of nitrogens with zero attached hydrogens (tertiary/aromatic N) is 6. The summed E-state index contributed by atoms with van der Waals surface area (Å²) in [5, 5.41) is 106. The predicted octanol–water partition coefficient (Wildman–Crippen LogP) is -5.46. The van der Waals surface area contributed by atoms with Crippen LogP contribution in [0.3, 0.4) is 0 Å². The van der Waals surface area contributed by atoms with E-state index in [2.05, 4.69) is 31.3 Å². The second-order valence-corrected chi connectivity index (χ2v) is 17.7. The third-order valence-corrected chi connectivity index (χ3v) is 12.7. The summed E-state index contributed by atoms with van der Waals surface area (Å²) < 4.78 is 13.6. The van der Waals surface area contributed by atoms with Crippen LogP contribution in [-0.2, 0) is 28.7 Å². The number of amides is 2. The number of aromatic nitrogens is 6. The Labute approximate surface area is 460 Å². The molecule has 2 amide bonds. The number of carboxylic acids is 2. The Kier molecular flexibility index (Phi) is 24.0. The molecule has 378 valence electrons. The van der Waals surface area contributed by atoms with E-state index in [0.29, 0.717) is 59.6 Å². The van der Waals surface area contributed by atoms with Gasteiger partial charge in [-0.15, -0.1) is 10.2 Å². The Bertz CT molecular complexity index is 2320. The fourth-order valence-corrected chi connectivity index (χ4v) is 8.65. The van der Waals surface area contributed by atoms with Crippen molar-refractivity contribution < 1.29 is 129 Å². The number of hydrogen-bond acceptors (Lipinski definition) is 18. The van der Waals surface area contributed by atoms with Crippen LogP contribution in [-0.4, -0.2) is 134 Å². The first-order valence-corrected chi connectivity index (χ1v) is 23.4. The monoisotopic (exact) mass is 1020 g/mol. The van der Waals surface area contributed by atoms with Gasteiger partial charge in [0, 0.05) is 35.8 Å². The Morgan fingerprint density at radius 3 is 1.29 bits per heavy atom. The van der Waals surface area contributed by atoms with Crippen molar-refractivity contribution in [3.63, 3.8) is 0 Å². The van der Waals surface area contributed by atoms with Crippen LogP contribution in [0.4, 0.5) is 11.4 Å². The van der Waals surface area contributed by atoms with Gasteiger partial charge in [-0.25, -0.2) is 9.36 Å². The molecular formula is C48H60N8Na2O14. The number of unbranched alkanes of at least 4 members (excludes halogenated alkanes) is 7. The molecule has 2 aliphatic heterocycles. The number of carboxylic acid groups (broad SMARTS) is 2. The molecule has 0 bridgehead atoms. The summed E-state index contributed by atoms with van der Waals surface area (Å²) >= 11 is 0. The minimum atomic E-state index is -1.62. The van der Waals surface area contributed by atoms with Gasteiger partial charge >= 0.3 is 59.1 Å². The van der Waals surface area contributed by atoms with E-state index < -0.39 is 97.2 Å². The standard InChI is InChI=1S/C48H62N8O14.2Na/c1-27-35(21-39(47(65)66)69-45(27)43(63)37(59)25-57)55-23-33(51-53-55)29-15-11-13-17-31(29)49-41(61)19-9-7-5-3-4-6-8-10-20-42(62)50-32-18-14-12-16-30(32)34-24-56(54-52-34)36-22-40(48(67)68)70-46(28(36)2)44(64)38(60)26-58;;/h11-18,21-24,27-28,35-38,43-46,57-60,63-64H,3-10,19-20,25-26H2,1-2H3,(H,49,61)(H,50,62)(H,65,66)(H,67,68);;/q;2*+1/p-2/t27-,28-,35+,36+,37-,38-,43-,44-,45-,46-;;/m1../s1. The van der Waals surface area contributed by atoms with Gasteiger partial charge in [-0.1, -0.05) is 99.2 Å². The van der Waals surface area contributed by atoms with Gasteiger partial charge in [0.15, 0.2) is 0 Å². The number of benzene rings is 2. The molecule has 4 aromatic rings. The Morgan fingerprint density at radius 1 is 0.597 bits per heavy atom. The topological polar surface area (TPSA) is 340 Å². The SMILES string of the molecule is C[C@H]1[C@H]([C@H](O)[C@H](O)CO)OC(C(=O)[O-])=C[C@@H]1n1cc(-c2ccccc2NC(=O)CCCCCCCCCCC(=O)Nc2ccccc2-c2cn([C@H]3C=C(C(=O)[O-])O[C@@H]([C@H](O)[C@H](O)CO)[C@@H]3C)nn2)nn1.[Na+].[Na+]. The van der Waals surface area contributed by atoms with Gasteiger partial charge in [0.2, 0.25) is 11.8 Å². The number of carbonyl (C=O) groups excluding carboxylic acids is 4. The van der Waals surface area contributed by atoms with Crippen molar-refractivity contribution >= 4 is 35.1 Å². The molecule has 0 saturated heterocycles. The molecule has 0 saturated carbocycles. The van der Waals surface area contributed by atoms with Gasteiger partial charge in [-0.3, -0.25) is 9.59 Å². The molecule has 2 aromatic heterocycles. The van der Waals surface area contributed by atoms with E-state index >= 15 is 0 Å². The average Bonchev–Trinajstić information content (AvgIpc) is 4.05. The van der Waals surface area contributed by atoms with Gasteiger partial charge in [-0.05, 0) is 37.1 Å². The zero-order valence-electron chi connectivity index (χ0n) is 40.8. The molecule has 24 heteroatoms. The maximum atomic E-state index is 13.0. The first-order valence-electron chi connectivity index (χ1n) is 23.4.